The zero-order valence-corrected chi connectivity index (χ0v) is 12.4. The van der Waals surface area contributed by atoms with E-state index in [2.05, 4.69) is 27.3 Å². The number of hydrogen-bond donors (Lipinski definition) is 2. The van der Waals surface area contributed by atoms with E-state index in [1.54, 1.807) is 0 Å². The Kier molecular flexibility index (Phi) is 4.70. The highest BCUT2D eigenvalue weighted by Crippen LogP contribution is 2.18. The first-order chi connectivity index (χ1) is 9.81. The van der Waals surface area contributed by atoms with Crippen molar-refractivity contribution in [1.29, 1.82) is 0 Å². The lowest BCUT2D eigenvalue weighted by Gasteiger charge is -2.33. The number of nitrogens with zero attached hydrogens (tertiary/aromatic N) is 2. The van der Waals surface area contributed by atoms with Crippen LogP contribution in [0.4, 0.5) is 0 Å². The summed E-state index contributed by atoms with van der Waals surface area (Å²) >= 11 is 0. The predicted molar refractivity (Wildman–Crippen MR) is 78.6 cm³/mol. The third-order valence-electron chi connectivity index (χ3n) is 4.63. The first kappa shape index (κ1) is 14.0. The van der Waals surface area contributed by atoms with Crippen molar-refractivity contribution in [2.45, 2.75) is 38.8 Å². The van der Waals surface area contributed by atoms with E-state index in [-0.39, 0.29) is 0 Å². The molecule has 2 N–H and O–H groups in total. The van der Waals surface area contributed by atoms with Crippen molar-refractivity contribution in [3.8, 4) is 0 Å². The van der Waals surface area contributed by atoms with E-state index in [0.717, 1.165) is 25.7 Å². The van der Waals surface area contributed by atoms with Crippen LogP contribution in [-0.4, -0.2) is 54.0 Å². The molecule has 0 radical (unpaired) electrons. The Balaban J connectivity index is 1.36. The first-order valence-electron chi connectivity index (χ1n) is 7.83. The summed E-state index contributed by atoms with van der Waals surface area (Å²) in [6.45, 7) is 8.61. The van der Waals surface area contributed by atoms with Crippen molar-refractivity contribution in [1.82, 2.24) is 20.4 Å². The summed E-state index contributed by atoms with van der Waals surface area (Å²) in [6.07, 6.45) is 5.64. The van der Waals surface area contributed by atoms with Crippen LogP contribution >= 0.6 is 0 Å². The third-order valence-corrected chi connectivity index (χ3v) is 4.63. The molecular weight excluding hydrogens is 252 g/mol. The Labute approximate surface area is 121 Å². The Bertz CT molecular complexity index is 406. The van der Waals surface area contributed by atoms with Crippen molar-refractivity contribution in [3.05, 3.63) is 17.5 Å². The second-order valence-corrected chi connectivity index (χ2v) is 6.22. The van der Waals surface area contributed by atoms with E-state index < -0.39 is 0 Å². The van der Waals surface area contributed by atoms with Crippen LogP contribution in [0.15, 0.2) is 6.20 Å². The van der Waals surface area contributed by atoms with Crippen molar-refractivity contribution >= 4 is 0 Å². The molecule has 0 spiro atoms. The summed E-state index contributed by atoms with van der Waals surface area (Å²) in [7, 11) is 0. The van der Waals surface area contributed by atoms with Gasteiger partial charge in [0.05, 0.1) is 18.5 Å². The number of rotatable bonds is 5. The van der Waals surface area contributed by atoms with Crippen molar-refractivity contribution < 1.29 is 4.74 Å². The quantitative estimate of drug-likeness (QED) is 0.852. The van der Waals surface area contributed by atoms with Gasteiger partial charge < -0.3 is 15.0 Å². The van der Waals surface area contributed by atoms with Gasteiger partial charge in [0.2, 0.25) is 0 Å². The van der Waals surface area contributed by atoms with E-state index in [9.17, 15) is 0 Å². The van der Waals surface area contributed by atoms with Gasteiger partial charge in [-0.05, 0) is 50.8 Å². The molecule has 0 saturated carbocycles. The van der Waals surface area contributed by atoms with Crippen molar-refractivity contribution in [2.24, 2.45) is 5.92 Å². The maximum absolute atomic E-state index is 5.46. The maximum atomic E-state index is 5.46. The minimum atomic E-state index is 0.647. The van der Waals surface area contributed by atoms with E-state index in [1.807, 2.05) is 6.20 Å². The van der Waals surface area contributed by atoms with Gasteiger partial charge in [0, 0.05) is 25.7 Å². The minimum Gasteiger partial charge on any atom is -0.381 e. The van der Waals surface area contributed by atoms with Gasteiger partial charge in [-0.3, -0.25) is 5.10 Å². The van der Waals surface area contributed by atoms with Gasteiger partial charge in [-0.1, -0.05) is 0 Å². The zero-order valence-electron chi connectivity index (χ0n) is 12.4. The number of piperidine rings is 1. The highest BCUT2D eigenvalue weighted by atomic mass is 16.5. The summed E-state index contributed by atoms with van der Waals surface area (Å²) in [5, 5.41) is 10.8. The van der Waals surface area contributed by atoms with Crippen LogP contribution in [0, 0.1) is 12.8 Å². The van der Waals surface area contributed by atoms with Gasteiger partial charge in [-0.2, -0.15) is 5.10 Å². The van der Waals surface area contributed by atoms with Crippen molar-refractivity contribution in [3.63, 3.8) is 0 Å². The monoisotopic (exact) mass is 278 g/mol. The van der Waals surface area contributed by atoms with Crippen LogP contribution in [0.2, 0.25) is 0 Å². The van der Waals surface area contributed by atoms with Crippen LogP contribution < -0.4 is 5.32 Å². The average molecular weight is 278 g/mol. The lowest BCUT2D eigenvalue weighted by atomic mass is 10.0. The summed E-state index contributed by atoms with van der Waals surface area (Å²) in [6, 6.07) is 0.647. The maximum Gasteiger partial charge on any atom is 0.0519 e. The smallest absolute Gasteiger partial charge is 0.0519 e. The van der Waals surface area contributed by atoms with Gasteiger partial charge in [-0.15, -0.1) is 0 Å². The summed E-state index contributed by atoms with van der Waals surface area (Å²) in [5.41, 5.74) is 2.46. The molecule has 1 atom stereocenters. The predicted octanol–water partition coefficient (Wildman–Crippen LogP) is 1.31. The molecule has 1 unspecified atom stereocenters. The van der Waals surface area contributed by atoms with E-state index >= 15 is 0 Å². The fourth-order valence-corrected chi connectivity index (χ4v) is 3.21. The first-order valence-corrected chi connectivity index (χ1v) is 7.83. The van der Waals surface area contributed by atoms with Crippen LogP contribution in [0.1, 0.15) is 30.5 Å². The second kappa shape index (κ2) is 6.70. The van der Waals surface area contributed by atoms with Gasteiger partial charge >= 0.3 is 0 Å². The molecule has 3 heterocycles. The van der Waals surface area contributed by atoms with E-state index in [0.29, 0.717) is 6.04 Å². The molecule has 0 bridgehead atoms. The number of ether oxygens (including phenoxy) is 1. The molecule has 1 aromatic rings. The molecule has 1 aromatic heterocycles. The largest absolute Gasteiger partial charge is 0.381 e. The highest BCUT2D eigenvalue weighted by Gasteiger charge is 2.23. The molecule has 112 valence electrons. The van der Waals surface area contributed by atoms with Gasteiger partial charge in [0.1, 0.15) is 0 Å². The zero-order chi connectivity index (χ0) is 13.8. The van der Waals surface area contributed by atoms with Crippen LogP contribution in [0.25, 0.3) is 0 Å². The highest BCUT2D eigenvalue weighted by molar-refractivity contribution is 5.13. The minimum absolute atomic E-state index is 0.647. The molecule has 0 amide bonds. The Morgan fingerprint density at radius 2 is 2.25 bits per heavy atom. The molecule has 0 aliphatic carbocycles. The molecule has 2 aliphatic heterocycles. The van der Waals surface area contributed by atoms with Crippen molar-refractivity contribution in [2.75, 3.05) is 32.8 Å². The van der Waals surface area contributed by atoms with Crippen LogP contribution in [0.5, 0.6) is 0 Å². The van der Waals surface area contributed by atoms with Crippen LogP contribution in [0.3, 0.4) is 0 Å². The molecule has 2 aliphatic rings. The van der Waals surface area contributed by atoms with E-state index in [4.69, 9.17) is 4.74 Å². The van der Waals surface area contributed by atoms with Gasteiger partial charge in [0.25, 0.3) is 0 Å². The normalized spacial score (nSPS) is 25.4. The fourth-order valence-electron chi connectivity index (χ4n) is 3.21. The number of aromatic amines is 1. The number of aryl methyl sites for hydroxylation is 1. The molecule has 3 rings (SSSR count). The SMILES string of the molecule is Cc1cn[nH]c1CNC1CCN(CC2CCOC2)CC1. The lowest BCUT2D eigenvalue weighted by Crippen LogP contribution is -2.44. The van der Waals surface area contributed by atoms with Gasteiger partial charge in [0.15, 0.2) is 0 Å². The number of aromatic nitrogens is 2. The average Bonchev–Trinajstić information content (AvgIpc) is 3.10. The Morgan fingerprint density at radius 1 is 1.40 bits per heavy atom. The Morgan fingerprint density at radius 3 is 2.90 bits per heavy atom. The fraction of sp³-hybridized carbons (Fsp3) is 0.800. The lowest BCUT2D eigenvalue weighted by molar-refractivity contribution is 0.147. The number of likely N-dealkylation sites (tertiary alicyclic amines) is 1. The summed E-state index contributed by atoms with van der Waals surface area (Å²) in [5.74, 6) is 0.771. The number of nitrogens with one attached hydrogen (secondary N) is 2. The summed E-state index contributed by atoms with van der Waals surface area (Å²) < 4.78 is 5.46. The molecule has 2 fully saturated rings. The molecule has 5 heteroatoms. The molecular formula is C15H26N4O. The number of hydrogen-bond acceptors (Lipinski definition) is 4. The third kappa shape index (κ3) is 3.59. The molecule has 5 nitrogen and oxygen atoms in total. The Hall–Kier alpha value is -0.910. The topological polar surface area (TPSA) is 53.2 Å². The standard InChI is InChI=1S/C15H26N4O/c1-12-8-17-18-15(12)9-16-14-2-5-19(6-3-14)10-13-4-7-20-11-13/h8,13-14,16H,2-7,9-11H2,1H3,(H,17,18). The molecule has 2 saturated heterocycles. The number of H-pyrrole nitrogens is 1. The van der Waals surface area contributed by atoms with Gasteiger partial charge in [-0.25, -0.2) is 0 Å². The summed E-state index contributed by atoms with van der Waals surface area (Å²) in [4.78, 5) is 2.61. The van der Waals surface area contributed by atoms with E-state index in [1.165, 1.54) is 50.2 Å². The molecule has 0 aromatic carbocycles. The second-order valence-electron chi connectivity index (χ2n) is 6.22. The molecule has 20 heavy (non-hydrogen) atoms. The van der Waals surface area contributed by atoms with Crippen LogP contribution in [-0.2, 0) is 11.3 Å².